The van der Waals surface area contributed by atoms with Crippen molar-refractivity contribution in [3.63, 3.8) is 0 Å². The number of ether oxygens (including phenoxy) is 1. The quantitative estimate of drug-likeness (QED) is 0.769. The molecule has 1 aromatic carbocycles. The van der Waals surface area contributed by atoms with E-state index >= 15 is 0 Å². The Hall–Kier alpha value is -1.57. The summed E-state index contributed by atoms with van der Waals surface area (Å²) in [6.45, 7) is 0.465. The van der Waals surface area contributed by atoms with Crippen molar-refractivity contribution < 1.29 is 18.3 Å². The summed E-state index contributed by atoms with van der Waals surface area (Å²) in [7, 11) is -3.56. The Morgan fingerprint density at radius 3 is 2.55 bits per heavy atom. The second kappa shape index (κ2) is 6.74. The molecule has 0 atom stereocenters. The van der Waals surface area contributed by atoms with Crippen LogP contribution in [0.2, 0.25) is 0 Å². The van der Waals surface area contributed by atoms with Crippen molar-refractivity contribution in [3.8, 4) is 5.75 Å². The van der Waals surface area contributed by atoms with Gasteiger partial charge in [0.05, 0.1) is 17.2 Å². The van der Waals surface area contributed by atoms with Crippen LogP contribution in [0.25, 0.3) is 0 Å². The van der Waals surface area contributed by atoms with Crippen LogP contribution in [0.3, 0.4) is 0 Å². The molecule has 0 aliphatic rings. The minimum Gasteiger partial charge on any atom is -0.494 e. The van der Waals surface area contributed by atoms with Crippen LogP contribution in [0.1, 0.15) is 6.42 Å². The first-order valence-electron chi connectivity index (χ1n) is 6.00. The molecule has 0 aliphatic carbocycles. The molecule has 2 aromatic rings. The largest absolute Gasteiger partial charge is 0.494 e. The molecule has 7 heteroatoms. The summed E-state index contributed by atoms with van der Waals surface area (Å²) in [5, 5.41) is 12.2. The number of anilines is 1. The monoisotopic (exact) mass is 313 g/mol. The summed E-state index contributed by atoms with van der Waals surface area (Å²) >= 11 is 1.42. The van der Waals surface area contributed by atoms with E-state index in [1.165, 1.54) is 23.5 Å². The second-order valence-corrected chi connectivity index (χ2v) is 6.48. The smallest absolute Gasteiger partial charge is 0.261 e. The van der Waals surface area contributed by atoms with E-state index in [1.54, 1.807) is 29.0 Å². The number of nitrogens with one attached hydrogen (secondary N) is 1. The maximum Gasteiger partial charge on any atom is 0.261 e. The molecular formula is C13H15NO4S2. The number of hydrogen-bond acceptors (Lipinski definition) is 5. The fourth-order valence-electron chi connectivity index (χ4n) is 1.51. The van der Waals surface area contributed by atoms with Crippen molar-refractivity contribution in [2.24, 2.45) is 0 Å². The van der Waals surface area contributed by atoms with Gasteiger partial charge in [-0.15, -0.1) is 0 Å². The highest BCUT2D eigenvalue weighted by molar-refractivity contribution is 7.92. The summed E-state index contributed by atoms with van der Waals surface area (Å²) < 4.78 is 32.0. The molecule has 0 saturated carbocycles. The molecule has 1 aromatic heterocycles. The lowest BCUT2D eigenvalue weighted by molar-refractivity contribution is 0.233. The molecule has 5 nitrogen and oxygen atoms in total. The highest BCUT2D eigenvalue weighted by Gasteiger charge is 2.14. The number of thiophene rings is 1. The van der Waals surface area contributed by atoms with Gasteiger partial charge in [-0.3, -0.25) is 4.72 Å². The van der Waals surface area contributed by atoms with Crippen molar-refractivity contribution >= 4 is 27.0 Å². The number of aliphatic hydroxyl groups excluding tert-OH is 1. The normalized spacial score (nSPS) is 11.2. The fourth-order valence-corrected chi connectivity index (χ4v) is 3.22. The number of hydrogen-bond donors (Lipinski definition) is 2. The highest BCUT2D eigenvalue weighted by Crippen LogP contribution is 2.20. The highest BCUT2D eigenvalue weighted by atomic mass is 32.2. The average molecular weight is 313 g/mol. The van der Waals surface area contributed by atoms with E-state index in [2.05, 4.69) is 4.72 Å². The molecule has 108 valence electrons. The standard InChI is InChI=1S/C13H15NO4S2/c15-7-1-8-18-12-2-4-13(5-3-12)20(16,17)14-11-6-9-19-10-11/h2-6,9-10,14-15H,1,7-8H2. The van der Waals surface area contributed by atoms with E-state index < -0.39 is 10.0 Å². The van der Waals surface area contributed by atoms with Gasteiger partial charge in [-0.1, -0.05) is 0 Å². The molecule has 0 aliphatic heterocycles. The summed E-state index contributed by atoms with van der Waals surface area (Å²) in [6, 6.07) is 7.87. The Kier molecular flexibility index (Phi) is 4.99. The molecule has 0 bridgehead atoms. The number of aliphatic hydroxyl groups is 1. The van der Waals surface area contributed by atoms with E-state index in [0.717, 1.165) is 0 Å². The molecule has 2 rings (SSSR count). The molecule has 0 radical (unpaired) electrons. The van der Waals surface area contributed by atoms with E-state index in [4.69, 9.17) is 9.84 Å². The summed E-state index contributed by atoms with van der Waals surface area (Å²) in [4.78, 5) is 0.179. The van der Waals surface area contributed by atoms with Gasteiger partial charge in [0, 0.05) is 18.4 Å². The Balaban J connectivity index is 2.05. The number of rotatable bonds is 7. The lowest BCUT2D eigenvalue weighted by Crippen LogP contribution is -2.12. The van der Waals surface area contributed by atoms with Crippen LogP contribution in [0.4, 0.5) is 5.69 Å². The van der Waals surface area contributed by atoms with Gasteiger partial charge in [0.1, 0.15) is 5.75 Å². The minimum absolute atomic E-state index is 0.0665. The third-order valence-corrected chi connectivity index (χ3v) is 4.56. The molecule has 0 fully saturated rings. The predicted octanol–water partition coefficient (Wildman–Crippen LogP) is 2.31. The minimum atomic E-state index is -3.56. The first kappa shape index (κ1) is 14.8. The van der Waals surface area contributed by atoms with E-state index in [9.17, 15) is 8.42 Å². The number of benzene rings is 1. The topological polar surface area (TPSA) is 75.6 Å². The first-order chi connectivity index (χ1) is 9.62. The SMILES string of the molecule is O=S(=O)(Nc1ccsc1)c1ccc(OCCCO)cc1. The Bertz CT molecular complexity index is 621. The molecule has 0 saturated heterocycles. The van der Waals surface area contributed by atoms with Gasteiger partial charge in [-0.25, -0.2) is 8.42 Å². The zero-order chi connectivity index (χ0) is 14.4. The van der Waals surface area contributed by atoms with Gasteiger partial charge in [-0.05, 0) is 35.7 Å². The first-order valence-corrected chi connectivity index (χ1v) is 8.43. The molecule has 0 spiro atoms. The third-order valence-electron chi connectivity index (χ3n) is 2.48. The maximum absolute atomic E-state index is 12.1. The van der Waals surface area contributed by atoms with Crippen molar-refractivity contribution in [1.82, 2.24) is 0 Å². The Labute approximate surface area is 121 Å². The van der Waals surface area contributed by atoms with Gasteiger partial charge in [-0.2, -0.15) is 11.3 Å². The zero-order valence-electron chi connectivity index (χ0n) is 10.7. The van der Waals surface area contributed by atoms with E-state index in [1.807, 2.05) is 0 Å². The Morgan fingerprint density at radius 1 is 1.20 bits per heavy atom. The molecule has 0 unspecified atom stereocenters. The number of sulfonamides is 1. The molecule has 0 amide bonds. The fraction of sp³-hybridized carbons (Fsp3) is 0.231. The second-order valence-electron chi connectivity index (χ2n) is 4.01. The van der Waals surface area contributed by atoms with Crippen molar-refractivity contribution in [1.29, 1.82) is 0 Å². The summed E-state index contributed by atoms with van der Waals surface area (Å²) in [5.74, 6) is 0.577. The lowest BCUT2D eigenvalue weighted by Gasteiger charge is -2.08. The van der Waals surface area contributed by atoms with Crippen LogP contribution in [0, 0.1) is 0 Å². The van der Waals surface area contributed by atoms with Gasteiger partial charge >= 0.3 is 0 Å². The van der Waals surface area contributed by atoms with E-state index in [-0.39, 0.29) is 11.5 Å². The van der Waals surface area contributed by atoms with Gasteiger partial charge in [0.2, 0.25) is 0 Å². The Morgan fingerprint density at radius 2 is 1.95 bits per heavy atom. The molecule has 2 N–H and O–H groups in total. The van der Waals surface area contributed by atoms with Gasteiger partial charge in [0.15, 0.2) is 0 Å². The molecule has 1 heterocycles. The van der Waals surface area contributed by atoms with Crippen LogP contribution in [-0.4, -0.2) is 26.7 Å². The maximum atomic E-state index is 12.1. The summed E-state index contributed by atoms with van der Waals surface area (Å²) in [6.07, 6.45) is 0.541. The average Bonchev–Trinajstić information content (AvgIpc) is 2.92. The van der Waals surface area contributed by atoms with Crippen molar-refractivity contribution in [3.05, 3.63) is 41.1 Å². The zero-order valence-corrected chi connectivity index (χ0v) is 12.3. The van der Waals surface area contributed by atoms with Crippen LogP contribution >= 0.6 is 11.3 Å². The van der Waals surface area contributed by atoms with Gasteiger partial charge in [0.25, 0.3) is 10.0 Å². The van der Waals surface area contributed by atoms with Crippen molar-refractivity contribution in [2.75, 3.05) is 17.9 Å². The van der Waals surface area contributed by atoms with E-state index in [0.29, 0.717) is 24.5 Å². The predicted molar refractivity (Wildman–Crippen MR) is 78.8 cm³/mol. The van der Waals surface area contributed by atoms with Crippen molar-refractivity contribution in [2.45, 2.75) is 11.3 Å². The molecular weight excluding hydrogens is 298 g/mol. The third kappa shape index (κ3) is 3.96. The van der Waals surface area contributed by atoms with Crippen LogP contribution < -0.4 is 9.46 Å². The molecule has 20 heavy (non-hydrogen) atoms. The summed E-state index contributed by atoms with van der Waals surface area (Å²) in [5.41, 5.74) is 0.554. The van der Waals surface area contributed by atoms with Gasteiger partial charge < -0.3 is 9.84 Å². The van der Waals surface area contributed by atoms with Crippen LogP contribution in [0.5, 0.6) is 5.75 Å². The van der Waals surface area contributed by atoms with Crippen LogP contribution in [0.15, 0.2) is 46.0 Å². The lowest BCUT2D eigenvalue weighted by atomic mass is 10.3. The van der Waals surface area contributed by atoms with Crippen LogP contribution in [-0.2, 0) is 10.0 Å².